The normalized spacial score (nSPS) is 12.3. The number of halogens is 1. The first kappa shape index (κ1) is 14.8. The third kappa shape index (κ3) is 4.16. The van der Waals surface area contributed by atoms with Crippen molar-refractivity contribution in [1.82, 2.24) is 9.88 Å². The highest BCUT2D eigenvalue weighted by Crippen LogP contribution is 2.29. The molecule has 1 N–H and O–H groups in total. The van der Waals surface area contributed by atoms with Gasteiger partial charge in [0.15, 0.2) is 5.13 Å². The minimum absolute atomic E-state index is 0.224. The van der Waals surface area contributed by atoms with Gasteiger partial charge in [-0.15, -0.1) is 0 Å². The number of rotatable bonds is 5. The first-order chi connectivity index (χ1) is 8.85. The Morgan fingerprint density at radius 2 is 2.11 bits per heavy atom. The van der Waals surface area contributed by atoms with Crippen molar-refractivity contribution in [2.45, 2.75) is 13.8 Å². The Hall–Kier alpha value is -0.650. The number of nitrogens with zero attached hydrogens (tertiary/aromatic N) is 2. The molecule has 0 aliphatic carbocycles. The molecule has 0 amide bonds. The van der Waals surface area contributed by atoms with Crippen molar-refractivity contribution in [3.05, 3.63) is 22.7 Å². The quantitative estimate of drug-likeness (QED) is 0.888. The summed E-state index contributed by atoms with van der Waals surface area (Å²) >= 11 is 5.19. The van der Waals surface area contributed by atoms with E-state index in [1.165, 1.54) is 4.70 Å². The van der Waals surface area contributed by atoms with Crippen LogP contribution >= 0.6 is 27.3 Å². The monoisotopic (exact) mass is 341 g/mol. The van der Waals surface area contributed by atoms with Gasteiger partial charge in [0, 0.05) is 17.6 Å². The SMILES string of the molecule is CN(C)CC(C)(C)CNc1nc2cc(Br)ccc2s1. The highest BCUT2D eigenvalue weighted by Gasteiger charge is 2.19. The van der Waals surface area contributed by atoms with E-state index in [1.54, 1.807) is 11.3 Å². The lowest BCUT2D eigenvalue weighted by atomic mass is 9.93. The van der Waals surface area contributed by atoms with E-state index in [1.807, 2.05) is 0 Å². The zero-order chi connectivity index (χ0) is 14.0. The van der Waals surface area contributed by atoms with Gasteiger partial charge in [0.05, 0.1) is 10.2 Å². The average Bonchev–Trinajstić information content (AvgIpc) is 2.66. The van der Waals surface area contributed by atoms with Crippen molar-refractivity contribution in [3.8, 4) is 0 Å². The van der Waals surface area contributed by atoms with Crippen molar-refractivity contribution in [1.29, 1.82) is 0 Å². The first-order valence-electron chi connectivity index (χ1n) is 6.30. The molecule has 0 aliphatic heterocycles. The Morgan fingerprint density at radius 3 is 2.79 bits per heavy atom. The molecular weight excluding hydrogens is 322 g/mol. The minimum atomic E-state index is 0.224. The number of nitrogens with one attached hydrogen (secondary N) is 1. The van der Waals surface area contributed by atoms with Crippen LogP contribution in [0.15, 0.2) is 22.7 Å². The molecule has 0 unspecified atom stereocenters. The van der Waals surface area contributed by atoms with Gasteiger partial charge in [-0.05, 0) is 37.7 Å². The van der Waals surface area contributed by atoms with Crippen molar-refractivity contribution >= 4 is 42.6 Å². The molecule has 1 aromatic carbocycles. The summed E-state index contributed by atoms with van der Waals surface area (Å²) in [6.07, 6.45) is 0. The largest absolute Gasteiger partial charge is 0.361 e. The molecule has 1 aromatic heterocycles. The third-order valence-corrected chi connectivity index (χ3v) is 4.30. The third-order valence-electron chi connectivity index (χ3n) is 2.81. The zero-order valence-electron chi connectivity index (χ0n) is 11.8. The van der Waals surface area contributed by atoms with Crippen LogP contribution in [0.4, 0.5) is 5.13 Å². The topological polar surface area (TPSA) is 28.2 Å². The fourth-order valence-electron chi connectivity index (χ4n) is 2.20. The lowest BCUT2D eigenvalue weighted by molar-refractivity contribution is 0.254. The Labute approximate surface area is 127 Å². The number of thiazole rings is 1. The summed E-state index contributed by atoms with van der Waals surface area (Å²) in [5, 5.41) is 4.46. The van der Waals surface area contributed by atoms with Gasteiger partial charge in [-0.3, -0.25) is 0 Å². The molecule has 0 atom stereocenters. The molecule has 1 heterocycles. The molecule has 2 aromatic rings. The Balaban J connectivity index is 2.05. The Bertz CT molecular complexity index is 563. The summed E-state index contributed by atoms with van der Waals surface area (Å²) < 4.78 is 2.29. The number of anilines is 1. The lowest BCUT2D eigenvalue weighted by Gasteiger charge is -2.28. The smallest absolute Gasteiger partial charge is 0.183 e. The van der Waals surface area contributed by atoms with Gasteiger partial charge in [-0.25, -0.2) is 4.98 Å². The van der Waals surface area contributed by atoms with E-state index in [2.05, 4.69) is 77.3 Å². The fraction of sp³-hybridized carbons (Fsp3) is 0.500. The molecule has 0 spiro atoms. The molecule has 0 aliphatic rings. The maximum absolute atomic E-state index is 4.62. The van der Waals surface area contributed by atoms with Crippen LogP contribution in [0, 0.1) is 5.41 Å². The van der Waals surface area contributed by atoms with Crippen LogP contribution in [-0.2, 0) is 0 Å². The van der Waals surface area contributed by atoms with E-state index in [4.69, 9.17) is 0 Å². The molecule has 0 radical (unpaired) electrons. The minimum Gasteiger partial charge on any atom is -0.361 e. The van der Waals surface area contributed by atoms with Crippen molar-refractivity contribution in [2.24, 2.45) is 5.41 Å². The number of aromatic nitrogens is 1. The summed E-state index contributed by atoms with van der Waals surface area (Å²) in [4.78, 5) is 6.84. The highest BCUT2D eigenvalue weighted by atomic mass is 79.9. The van der Waals surface area contributed by atoms with Gasteiger partial charge < -0.3 is 10.2 Å². The second kappa shape index (κ2) is 5.77. The van der Waals surface area contributed by atoms with Crippen LogP contribution < -0.4 is 5.32 Å². The van der Waals surface area contributed by atoms with Gasteiger partial charge in [0.2, 0.25) is 0 Å². The standard InChI is InChI=1S/C14H20BrN3S/c1-14(2,9-18(3)4)8-16-13-17-11-7-10(15)5-6-12(11)19-13/h5-7H,8-9H2,1-4H3,(H,16,17). The second-order valence-corrected chi connectivity index (χ2v) is 7.83. The number of hydrogen-bond donors (Lipinski definition) is 1. The van der Waals surface area contributed by atoms with Crippen LogP contribution in [0.1, 0.15) is 13.8 Å². The maximum atomic E-state index is 4.62. The van der Waals surface area contributed by atoms with Gasteiger partial charge in [0.1, 0.15) is 0 Å². The molecule has 0 fully saturated rings. The highest BCUT2D eigenvalue weighted by molar-refractivity contribution is 9.10. The second-order valence-electron chi connectivity index (χ2n) is 5.89. The van der Waals surface area contributed by atoms with E-state index < -0.39 is 0 Å². The average molecular weight is 342 g/mol. The van der Waals surface area contributed by atoms with Gasteiger partial charge in [-0.2, -0.15) is 0 Å². The zero-order valence-corrected chi connectivity index (χ0v) is 14.2. The van der Waals surface area contributed by atoms with Crippen molar-refractivity contribution in [2.75, 3.05) is 32.5 Å². The van der Waals surface area contributed by atoms with Gasteiger partial charge in [0.25, 0.3) is 0 Å². The van der Waals surface area contributed by atoms with Crippen LogP contribution in [-0.4, -0.2) is 37.1 Å². The summed E-state index contributed by atoms with van der Waals surface area (Å²) in [5.74, 6) is 0. The number of benzene rings is 1. The molecule has 3 nitrogen and oxygen atoms in total. The van der Waals surface area contributed by atoms with Crippen LogP contribution in [0.5, 0.6) is 0 Å². The van der Waals surface area contributed by atoms with E-state index in [9.17, 15) is 0 Å². The molecule has 104 valence electrons. The molecule has 0 saturated heterocycles. The molecule has 5 heteroatoms. The van der Waals surface area contributed by atoms with Crippen molar-refractivity contribution < 1.29 is 0 Å². The summed E-state index contributed by atoms with van der Waals surface area (Å²) in [6.45, 7) is 6.51. The van der Waals surface area contributed by atoms with Crippen molar-refractivity contribution in [3.63, 3.8) is 0 Å². The fourth-order valence-corrected chi connectivity index (χ4v) is 3.39. The molecule has 2 rings (SSSR count). The van der Waals surface area contributed by atoms with E-state index in [0.717, 1.165) is 28.2 Å². The van der Waals surface area contributed by atoms with E-state index in [-0.39, 0.29) is 5.41 Å². The summed E-state index contributed by atoms with van der Waals surface area (Å²) in [5.41, 5.74) is 1.27. The summed E-state index contributed by atoms with van der Waals surface area (Å²) in [6, 6.07) is 6.22. The Morgan fingerprint density at radius 1 is 1.37 bits per heavy atom. The van der Waals surface area contributed by atoms with Crippen LogP contribution in [0.3, 0.4) is 0 Å². The summed E-state index contributed by atoms with van der Waals surface area (Å²) in [7, 11) is 4.22. The lowest BCUT2D eigenvalue weighted by Crippen LogP contribution is -2.34. The number of fused-ring (bicyclic) bond motifs is 1. The van der Waals surface area contributed by atoms with Crippen LogP contribution in [0.2, 0.25) is 0 Å². The van der Waals surface area contributed by atoms with Gasteiger partial charge >= 0.3 is 0 Å². The van der Waals surface area contributed by atoms with Crippen LogP contribution in [0.25, 0.3) is 10.2 Å². The molecule has 0 saturated carbocycles. The Kier molecular flexibility index (Phi) is 4.48. The van der Waals surface area contributed by atoms with Gasteiger partial charge in [-0.1, -0.05) is 41.1 Å². The molecule has 19 heavy (non-hydrogen) atoms. The molecule has 0 bridgehead atoms. The molecular formula is C14H20BrN3S. The van der Waals surface area contributed by atoms with E-state index in [0.29, 0.717) is 0 Å². The predicted octanol–water partition coefficient (Wildman–Crippen LogP) is 4.06. The van der Waals surface area contributed by atoms with E-state index >= 15 is 0 Å². The predicted molar refractivity (Wildman–Crippen MR) is 88.1 cm³/mol. The maximum Gasteiger partial charge on any atom is 0.183 e. The first-order valence-corrected chi connectivity index (χ1v) is 7.91. The number of hydrogen-bond acceptors (Lipinski definition) is 4.